The van der Waals surface area contributed by atoms with E-state index in [4.69, 9.17) is 9.26 Å². The average molecular weight is 473 g/mol. The third kappa shape index (κ3) is 6.30. The van der Waals surface area contributed by atoms with E-state index < -0.39 is 48.5 Å². The molecule has 1 amide bonds. The summed E-state index contributed by atoms with van der Waals surface area (Å²) in [5.74, 6) is -2.08. The Bertz CT molecular complexity index is 1140. The van der Waals surface area contributed by atoms with Gasteiger partial charge < -0.3 is 14.6 Å². The van der Waals surface area contributed by atoms with E-state index in [1.165, 1.54) is 12.1 Å². The molecule has 2 aromatic carbocycles. The van der Waals surface area contributed by atoms with Gasteiger partial charge in [0.1, 0.15) is 6.54 Å². The Kier molecular flexibility index (Phi) is 6.70. The Hall–Kier alpha value is -3.90. The van der Waals surface area contributed by atoms with Gasteiger partial charge in [-0.2, -0.15) is 31.3 Å². The van der Waals surface area contributed by atoms with Crippen LogP contribution in [0.4, 0.5) is 26.3 Å². The molecule has 33 heavy (non-hydrogen) atoms. The van der Waals surface area contributed by atoms with E-state index in [2.05, 4.69) is 15.5 Å². The van der Waals surface area contributed by atoms with Gasteiger partial charge in [-0.1, -0.05) is 17.3 Å². The van der Waals surface area contributed by atoms with Crippen LogP contribution in [0.1, 0.15) is 27.4 Å². The fourth-order valence-electron chi connectivity index (χ4n) is 2.52. The summed E-state index contributed by atoms with van der Waals surface area (Å²) in [5.41, 5.74) is -1.89. The second-order valence-electron chi connectivity index (χ2n) is 6.51. The lowest BCUT2D eigenvalue weighted by Gasteiger charge is -2.08. The van der Waals surface area contributed by atoms with Gasteiger partial charge in [0, 0.05) is 11.1 Å². The minimum absolute atomic E-state index is 0.0370. The summed E-state index contributed by atoms with van der Waals surface area (Å²) < 4.78 is 85.7. The topological polar surface area (TPSA) is 94.3 Å². The zero-order valence-corrected chi connectivity index (χ0v) is 16.3. The number of rotatable bonds is 6. The smallest absolute Gasteiger partial charge is 0.416 e. The van der Waals surface area contributed by atoms with Crippen LogP contribution in [-0.2, 0) is 28.5 Å². The van der Waals surface area contributed by atoms with Crippen LogP contribution in [0.3, 0.4) is 0 Å². The largest absolute Gasteiger partial charge is 0.454 e. The van der Waals surface area contributed by atoms with Gasteiger partial charge in [-0.05, 0) is 36.4 Å². The molecule has 174 valence electrons. The van der Waals surface area contributed by atoms with Crippen molar-refractivity contribution >= 4 is 11.9 Å². The zero-order chi connectivity index (χ0) is 24.2. The molecule has 1 heterocycles. The highest BCUT2D eigenvalue weighted by Crippen LogP contribution is 2.31. The maximum Gasteiger partial charge on any atom is 0.416 e. The third-order valence-electron chi connectivity index (χ3n) is 4.14. The summed E-state index contributed by atoms with van der Waals surface area (Å²) >= 11 is 0. The maximum atomic E-state index is 12.8. The van der Waals surface area contributed by atoms with Crippen molar-refractivity contribution in [2.45, 2.75) is 19.0 Å². The summed E-state index contributed by atoms with van der Waals surface area (Å²) in [6.45, 7) is -1.12. The van der Waals surface area contributed by atoms with Crippen LogP contribution < -0.4 is 5.32 Å². The standard InChI is InChI=1S/C20H13F6N3O4/c21-19(22,23)13-6-4-11(5-7-13)18(31)27-9-16(30)32-10-15-28-17(29-33-15)12-2-1-3-14(8-12)20(24,25)26/h1-8H,9-10H2,(H,27,31). The Morgan fingerprint density at radius 3 is 2.24 bits per heavy atom. The highest BCUT2D eigenvalue weighted by Gasteiger charge is 2.31. The number of alkyl halides is 6. The number of hydrogen-bond donors (Lipinski definition) is 1. The summed E-state index contributed by atoms with van der Waals surface area (Å²) in [6.07, 6.45) is -9.10. The Morgan fingerprint density at radius 1 is 0.939 bits per heavy atom. The van der Waals surface area contributed by atoms with E-state index in [1.54, 1.807) is 0 Å². The van der Waals surface area contributed by atoms with E-state index in [1.807, 2.05) is 0 Å². The first-order chi connectivity index (χ1) is 15.4. The van der Waals surface area contributed by atoms with Crippen molar-refractivity contribution in [1.82, 2.24) is 15.5 Å². The second-order valence-corrected chi connectivity index (χ2v) is 6.51. The van der Waals surface area contributed by atoms with Crippen molar-refractivity contribution in [2.24, 2.45) is 0 Å². The van der Waals surface area contributed by atoms with Crippen molar-refractivity contribution in [3.05, 3.63) is 71.1 Å². The lowest BCUT2D eigenvalue weighted by atomic mass is 10.1. The predicted molar refractivity (Wildman–Crippen MR) is 98.3 cm³/mol. The molecule has 0 atom stereocenters. The molecule has 0 saturated carbocycles. The van der Waals surface area contributed by atoms with Gasteiger partial charge >= 0.3 is 18.3 Å². The van der Waals surface area contributed by atoms with Gasteiger partial charge in [0.05, 0.1) is 11.1 Å². The van der Waals surface area contributed by atoms with Gasteiger partial charge in [0.15, 0.2) is 6.61 Å². The SMILES string of the molecule is O=C(CNC(=O)c1ccc(C(F)(F)F)cc1)OCc1nc(-c2cccc(C(F)(F)F)c2)no1. The molecule has 1 aromatic heterocycles. The number of ether oxygens (including phenoxy) is 1. The molecular formula is C20H13F6N3O4. The fourth-order valence-corrected chi connectivity index (χ4v) is 2.52. The lowest BCUT2D eigenvalue weighted by molar-refractivity contribution is -0.144. The number of carbonyl (C=O) groups is 2. The molecule has 0 bridgehead atoms. The molecule has 0 saturated heterocycles. The number of esters is 1. The van der Waals surface area contributed by atoms with Gasteiger partial charge in [0.2, 0.25) is 5.82 Å². The minimum Gasteiger partial charge on any atom is -0.454 e. The van der Waals surface area contributed by atoms with E-state index in [-0.39, 0.29) is 22.8 Å². The van der Waals surface area contributed by atoms with E-state index in [9.17, 15) is 35.9 Å². The average Bonchev–Trinajstić information content (AvgIpc) is 3.24. The van der Waals surface area contributed by atoms with Gasteiger partial charge in [-0.3, -0.25) is 9.59 Å². The first kappa shape index (κ1) is 23.8. The highest BCUT2D eigenvalue weighted by molar-refractivity contribution is 5.95. The van der Waals surface area contributed by atoms with E-state index in [0.29, 0.717) is 0 Å². The quantitative estimate of drug-likeness (QED) is 0.425. The second kappa shape index (κ2) is 9.30. The monoisotopic (exact) mass is 473 g/mol. The van der Waals surface area contributed by atoms with Crippen molar-refractivity contribution in [2.75, 3.05) is 6.54 Å². The van der Waals surface area contributed by atoms with Crippen LogP contribution in [0, 0.1) is 0 Å². The van der Waals surface area contributed by atoms with Crippen LogP contribution >= 0.6 is 0 Å². The first-order valence-electron chi connectivity index (χ1n) is 9.05. The third-order valence-corrected chi connectivity index (χ3v) is 4.14. The number of carbonyl (C=O) groups excluding carboxylic acids is 2. The molecule has 0 aliphatic rings. The molecule has 7 nitrogen and oxygen atoms in total. The molecule has 0 spiro atoms. The van der Waals surface area contributed by atoms with Crippen LogP contribution in [0.15, 0.2) is 53.1 Å². The molecule has 0 radical (unpaired) electrons. The Labute approximate surface area is 181 Å². The summed E-state index contributed by atoms with van der Waals surface area (Å²) in [5, 5.41) is 5.71. The van der Waals surface area contributed by atoms with Crippen LogP contribution in [0.5, 0.6) is 0 Å². The van der Waals surface area contributed by atoms with Crippen LogP contribution in [-0.4, -0.2) is 28.6 Å². The lowest BCUT2D eigenvalue weighted by Crippen LogP contribution is -2.30. The summed E-state index contributed by atoms with van der Waals surface area (Å²) in [6, 6.07) is 7.59. The number of amides is 1. The number of benzene rings is 2. The first-order valence-corrected chi connectivity index (χ1v) is 9.05. The molecule has 0 aliphatic carbocycles. The highest BCUT2D eigenvalue weighted by atomic mass is 19.4. The molecule has 1 N–H and O–H groups in total. The molecule has 3 aromatic rings. The van der Waals surface area contributed by atoms with Gasteiger partial charge in [-0.25, -0.2) is 0 Å². The molecule has 0 aliphatic heterocycles. The number of halogens is 6. The number of hydrogen-bond acceptors (Lipinski definition) is 6. The summed E-state index contributed by atoms with van der Waals surface area (Å²) in [4.78, 5) is 27.5. The van der Waals surface area contributed by atoms with E-state index in [0.717, 1.165) is 36.4 Å². The van der Waals surface area contributed by atoms with Gasteiger partial charge in [0.25, 0.3) is 11.8 Å². The normalized spacial score (nSPS) is 11.8. The predicted octanol–water partition coefficient (Wildman–Crippen LogP) is 4.25. The van der Waals surface area contributed by atoms with Crippen molar-refractivity contribution in [3.63, 3.8) is 0 Å². The molecule has 0 fully saturated rings. The Balaban J connectivity index is 1.51. The van der Waals surface area contributed by atoms with Crippen molar-refractivity contribution < 1.29 is 45.2 Å². The molecule has 0 unspecified atom stereocenters. The van der Waals surface area contributed by atoms with Gasteiger partial charge in [-0.15, -0.1) is 0 Å². The minimum atomic E-state index is -4.55. The molecular weight excluding hydrogens is 460 g/mol. The van der Waals surface area contributed by atoms with Crippen LogP contribution in [0.2, 0.25) is 0 Å². The van der Waals surface area contributed by atoms with E-state index >= 15 is 0 Å². The number of nitrogens with zero attached hydrogens (tertiary/aromatic N) is 2. The Morgan fingerprint density at radius 2 is 1.61 bits per heavy atom. The number of aromatic nitrogens is 2. The zero-order valence-electron chi connectivity index (χ0n) is 16.3. The van der Waals surface area contributed by atoms with Crippen molar-refractivity contribution in [3.8, 4) is 11.4 Å². The maximum absolute atomic E-state index is 12.8. The molecule has 13 heteroatoms. The fraction of sp³-hybridized carbons (Fsp3) is 0.200. The van der Waals surface area contributed by atoms with Crippen molar-refractivity contribution in [1.29, 1.82) is 0 Å². The summed E-state index contributed by atoms with van der Waals surface area (Å²) in [7, 11) is 0. The molecule has 3 rings (SSSR count). The number of nitrogens with one attached hydrogen (secondary N) is 1. The van der Waals surface area contributed by atoms with Crippen LogP contribution in [0.25, 0.3) is 11.4 Å².